The fraction of sp³-hybridized carbons (Fsp3) is 0.412. The standard InChI is InChI=1S/C34H39N3O7S/c1-21(2)19-36-17-16-24(29(36)38)18-25-20-45(42)31-26(35-33(41)44-34(3,4)5)30(39)37(31)27(25)32(40)43-28(22-12-8-6-9-13-22)23-14-10-7-11-15-23/h6-15,18,21,26,28,31H,16-17,19-20H2,1-5H3,(H,35,41)/b24-18+/t26-,31-,45?/m1/s1. The molecule has 1 N–H and O–H groups in total. The first-order valence-electron chi connectivity index (χ1n) is 15.1. The lowest BCUT2D eigenvalue weighted by Gasteiger charge is -2.49. The Labute approximate surface area is 265 Å². The number of carbonyl (C=O) groups is 4. The first kappa shape index (κ1) is 32.2. The first-order chi connectivity index (χ1) is 21.3. The number of hydrogen-bond donors (Lipinski definition) is 1. The molecule has 2 aromatic rings. The molecule has 10 nitrogen and oxygen atoms in total. The molecule has 238 valence electrons. The largest absolute Gasteiger partial charge is 0.448 e. The highest BCUT2D eigenvalue weighted by Gasteiger charge is 2.57. The zero-order valence-corrected chi connectivity index (χ0v) is 27.0. The predicted octanol–water partition coefficient (Wildman–Crippen LogP) is 4.21. The number of β-lactam (4-membered cyclic amide) rings is 1. The lowest BCUT2D eigenvalue weighted by molar-refractivity contribution is -0.153. The van der Waals surface area contributed by atoms with Crippen molar-refractivity contribution in [2.75, 3.05) is 18.8 Å². The summed E-state index contributed by atoms with van der Waals surface area (Å²) in [5.74, 6) is -1.38. The van der Waals surface area contributed by atoms with E-state index in [1.165, 1.54) is 0 Å². The summed E-state index contributed by atoms with van der Waals surface area (Å²) in [6, 6.07) is 17.3. The summed E-state index contributed by atoms with van der Waals surface area (Å²) in [6.07, 6.45) is 0.429. The molecule has 0 spiro atoms. The average Bonchev–Trinajstić information content (AvgIpc) is 3.31. The van der Waals surface area contributed by atoms with Crippen molar-refractivity contribution < 1.29 is 32.9 Å². The number of nitrogens with zero attached hydrogens (tertiary/aromatic N) is 2. The van der Waals surface area contributed by atoms with Gasteiger partial charge in [0.05, 0.1) is 16.6 Å². The molecule has 2 saturated heterocycles. The van der Waals surface area contributed by atoms with Crippen LogP contribution in [0, 0.1) is 5.92 Å². The average molecular weight is 634 g/mol. The van der Waals surface area contributed by atoms with E-state index in [4.69, 9.17) is 9.47 Å². The summed E-state index contributed by atoms with van der Waals surface area (Å²) in [5, 5.41) is 1.53. The number of esters is 1. The summed E-state index contributed by atoms with van der Waals surface area (Å²) in [6.45, 7) is 10.3. The molecule has 0 saturated carbocycles. The van der Waals surface area contributed by atoms with Crippen LogP contribution in [-0.4, -0.2) is 73.7 Å². The van der Waals surface area contributed by atoms with Gasteiger partial charge in [0.2, 0.25) is 5.91 Å². The summed E-state index contributed by atoms with van der Waals surface area (Å²) >= 11 is 0. The van der Waals surface area contributed by atoms with Gasteiger partial charge >= 0.3 is 12.1 Å². The number of ether oxygens (including phenoxy) is 2. The Morgan fingerprint density at radius 2 is 1.62 bits per heavy atom. The maximum Gasteiger partial charge on any atom is 0.408 e. The molecule has 11 heteroatoms. The van der Waals surface area contributed by atoms with Crippen LogP contribution in [0.1, 0.15) is 58.3 Å². The topological polar surface area (TPSA) is 122 Å². The lowest BCUT2D eigenvalue weighted by Crippen LogP contribution is -2.73. The molecule has 0 aliphatic carbocycles. The highest BCUT2D eigenvalue weighted by Crippen LogP contribution is 2.38. The minimum Gasteiger partial charge on any atom is -0.448 e. The van der Waals surface area contributed by atoms with Crippen LogP contribution >= 0.6 is 0 Å². The number of alkyl carbamates (subject to hydrolysis) is 1. The summed E-state index contributed by atoms with van der Waals surface area (Å²) in [7, 11) is -1.70. The van der Waals surface area contributed by atoms with Gasteiger partial charge in [-0.25, -0.2) is 9.59 Å². The van der Waals surface area contributed by atoms with Crippen molar-refractivity contribution >= 4 is 34.7 Å². The van der Waals surface area contributed by atoms with Gasteiger partial charge in [0.15, 0.2) is 6.10 Å². The van der Waals surface area contributed by atoms with E-state index in [0.717, 1.165) is 16.0 Å². The second-order valence-corrected chi connectivity index (χ2v) is 14.3. The smallest absolute Gasteiger partial charge is 0.408 e. The van der Waals surface area contributed by atoms with Crippen molar-refractivity contribution in [3.05, 3.63) is 94.7 Å². The van der Waals surface area contributed by atoms with Crippen LogP contribution in [0.15, 0.2) is 83.6 Å². The van der Waals surface area contributed by atoms with Gasteiger partial charge in [-0.3, -0.25) is 18.7 Å². The predicted molar refractivity (Wildman–Crippen MR) is 169 cm³/mol. The van der Waals surface area contributed by atoms with Crippen molar-refractivity contribution in [3.8, 4) is 0 Å². The van der Waals surface area contributed by atoms with E-state index in [2.05, 4.69) is 5.32 Å². The number of fused-ring (bicyclic) bond motifs is 1. The fourth-order valence-corrected chi connectivity index (χ4v) is 7.34. The summed E-state index contributed by atoms with van der Waals surface area (Å²) in [5.41, 5.74) is 1.33. The van der Waals surface area contributed by atoms with E-state index in [9.17, 15) is 23.4 Å². The van der Waals surface area contributed by atoms with Gasteiger partial charge < -0.3 is 19.7 Å². The van der Waals surface area contributed by atoms with Crippen LogP contribution in [0.25, 0.3) is 0 Å². The quantitative estimate of drug-likeness (QED) is 0.263. The van der Waals surface area contributed by atoms with Gasteiger partial charge in [-0.1, -0.05) is 74.5 Å². The number of benzene rings is 2. The number of carbonyl (C=O) groups excluding carboxylic acids is 4. The number of amides is 3. The summed E-state index contributed by atoms with van der Waals surface area (Å²) < 4.78 is 25.1. The van der Waals surface area contributed by atoms with Gasteiger partial charge in [0, 0.05) is 18.7 Å². The zero-order chi connectivity index (χ0) is 32.5. The Morgan fingerprint density at radius 3 is 2.18 bits per heavy atom. The van der Waals surface area contributed by atoms with Crippen LogP contribution in [0.5, 0.6) is 0 Å². The SMILES string of the molecule is CC(C)CN1CC/C(=C\C2=C(C(=O)OC(c3ccccc3)c3ccccc3)N3C(=O)[C@@H](NC(=O)OC(C)(C)C)[C@H]3S(=O)C2)C1=O. The fourth-order valence-electron chi connectivity index (χ4n) is 5.71. The van der Waals surface area contributed by atoms with Crippen LogP contribution < -0.4 is 5.32 Å². The van der Waals surface area contributed by atoms with Crippen molar-refractivity contribution in [3.63, 3.8) is 0 Å². The number of likely N-dealkylation sites (tertiary alicyclic amines) is 1. The van der Waals surface area contributed by atoms with E-state index in [0.29, 0.717) is 25.1 Å². The zero-order valence-electron chi connectivity index (χ0n) is 26.1. The molecular weight excluding hydrogens is 594 g/mol. The number of allylic oxidation sites excluding steroid dienone is 1. The van der Waals surface area contributed by atoms with Gasteiger partial charge in [0.25, 0.3) is 5.91 Å². The van der Waals surface area contributed by atoms with Gasteiger partial charge in [-0.05, 0) is 55.9 Å². The Bertz CT molecular complexity index is 1520. The Hall–Kier alpha value is -4.25. The van der Waals surface area contributed by atoms with Crippen molar-refractivity contribution in [1.29, 1.82) is 0 Å². The molecule has 3 amide bonds. The third kappa shape index (κ3) is 7.03. The van der Waals surface area contributed by atoms with Gasteiger partial charge in [-0.2, -0.15) is 0 Å². The van der Waals surface area contributed by atoms with E-state index in [1.807, 2.05) is 74.5 Å². The Kier molecular flexibility index (Phi) is 9.29. The molecular formula is C34H39N3O7S. The summed E-state index contributed by atoms with van der Waals surface area (Å²) in [4.78, 5) is 56.4. The Morgan fingerprint density at radius 1 is 1.02 bits per heavy atom. The molecule has 2 aromatic carbocycles. The maximum atomic E-state index is 14.2. The maximum absolute atomic E-state index is 14.2. The second-order valence-electron chi connectivity index (χ2n) is 12.8. The molecule has 5 rings (SSSR count). The van der Waals surface area contributed by atoms with Crippen LogP contribution in [-0.2, 0) is 34.7 Å². The molecule has 1 unspecified atom stereocenters. The molecule has 3 atom stereocenters. The first-order valence-corrected chi connectivity index (χ1v) is 16.5. The highest BCUT2D eigenvalue weighted by molar-refractivity contribution is 7.86. The van der Waals surface area contributed by atoms with E-state index < -0.39 is 51.9 Å². The molecule has 45 heavy (non-hydrogen) atoms. The number of nitrogens with one attached hydrogen (secondary N) is 1. The van der Waals surface area contributed by atoms with Crippen molar-refractivity contribution in [2.45, 2.75) is 64.2 Å². The van der Waals surface area contributed by atoms with Crippen LogP contribution in [0.3, 0.4) is 0 Å². The second kappa shape index (κ2) is 13.0. The molecule has 2 fully saturated rings. The monoisotopic (exact) mass is 633 g/mol. The molecule has 0 bridgehead atoms. The van der Waals surface area contributed by atoms with Crippen LogP contribution in [0.2, 0.25) is 0 Å². The van der Waals surface area contributed by atoms with Gasteiger partial charge in [0.1, 0.15) is 22.7 Å². The van der Waals surface area contributed by atoms with Crippen LogP contribution in [0.4, 0.5) is 4.79 Å². The van der Waals surface area contributed by atoms with E-state index in [-0.39, 0.29) is 28.8 Å². The number of rotatable bonds is 8. The van der Waals surface area contributed by atoms with Crippen molar-refractivity contribution in [2.24, 2.45) is 5.92 Å². The molecule has 0 aromatic heterocycles. The molecule has 3 aliphatic rings. The molecule has 3 aliphatic heterocycles. The minimum absolute atomic E-state index is 0.0775. The van der Waals surface area contributed by atoms with E-state index in [1.54, 1.807) is 31.7 Å². The lowest BCUT2D eigenvalue weighted by atomic mass is 10.00. The Balaban J connectivity index is 1.52. The molecule has 0 radical (unpaired) electrons. The molecule has 3 heterocycles. The minimum atomic E-state index is -1.70. The van der Waals surface area contributed by atoms with Crippen molar-refractivity contribution in [1.82, 2.24) is 15.1 Å². The third-order valence-corrected chi connectivity index (χ3v) is 9.21. The normalized spacial score (nSPS) is 22.6. The third-order valence-electron chi connectivity index (χ3n) is 7.60. The number of hydrogen-bond acceptors (Lipinski definition) is 7. The van der Waals surface area contributed by atoms with E-state index >= 15 is 0 Å². The van der Waals surface area contributed by atoms with Gasteiger partial charge in [-0.15, -0.1) is 0 Å². The highest BCUT2D eigenvalue weighted by atomic mass is 32.2.